The molecule has 0 aliphatic rings. The first kappa shape index (κ1) is 21.5. The van der Waals surface area contributed by atoms with Crippen LogP contribution >= 0.6 is 15.9 Å². The maximum Gasteiger partial charge on any atom is 0.248 e. The molecule has 0 heterocycles. The lowest BCUT2D eigenvalue weighted by atomic mass is 10.1. The van der Waals surface area contributed by atoms with E-state index in [2.05, 4.69) is 21.2 Å². The zero-order valence-corrected chi connectivity index (χ0v) is 18.3. The largest absolute Gasteiger partial charge is 0.508 e. The van der Waals surface area contributed by atoms with Crippen molar-refractivity contribution in [2.45, 2.75) is 13.5 Å². The van der Waals surface area contributed by atoms with Crippen LogP contribution in [0.2, 0.25) is 0 Å². The Hall–Kier alpha value is -3.25. The van der Waals surface area contributed by atoms with Gasteiger partial charge in [-0.3, -0.25) is 4.79 Å². The highest BCUT2D eigenvalue weighted by Crippen LogP contribution is 2.37. The molecule has 0 unspecified atom stereocenters. The summed E-state index contributed by atoms with van der Waals surface area (Å²) in [6.07, 6.45) is 3.12. The Labute approximate surface area is 184 Å². The summed E-state index contributed by atoms with van der Waals surface area (Å²) in [6.45, 7) is 2.46. The van der Waals surface area contributed by atoms with Gasteiger partial charge in [0.25, 0.3) is 0 Å². The van der Waals surface area contributed by atoms with Gasteiger partial charge in [0.2, 0.25) is 5.91 Å². The summed E-state index contributed by atoms with van der Waals surface area (Å²) in [7, 11) is 1.57. The minimum absolute atomic E-state index is 0.144. The molecule has 0 bridgehead atoms. The third-order valence-corrected chi connectivity index (χ3v) is 4.91. The highest BCUT2D eigenvalue weighted by Gasteiger charge is 2.11. The summed E-state index contributed by atoms with van der Waals surface area (Å²) in [4.78, 5) is 12.1. The minimum Gasteiger partial charge on any atom is -0.508 e. The van der Waals surface area contributed by atoms with Crippen LogP contribution in [0.25, 0.3) is 6.08 Å². The fraction of sp³-hybridized carbons (Fsp3) is 0.125. The summed E-state index contributed by atoms with van der Waals surface area (Å²) in [6, 6.07) is 18.1. The summed E-state index contributed by atoms with van der Waals surface area (Å²) >= 11 is 3.53. The number of carbonyl (C=O) groups is 1. The number of aromatic hydroxyl groups is 1. The molecule has 0 radical (unpaired) electrons. The maximum atomic E-state index is 12.1. The fourth-order valence-electron chi connectivity index (χ4n) is 2.72. The molecule has 0 atom stereocenters. The van der Waals surface area contributed by atoms with Crippen molar-refractivity contribution >= 4 is 33.6 Å². The first-order valence-electron chi connectivity index (χ1n) is 9.28. The van der Waals surface area contributed by atoms with Crippen LogP contribution in [0, 0.1) is 6.92 Å². The van der Waals surface area contributed by atoms with Gasteiger partial charge in [-0.2, -0.15) is 0 Å². The molecule has 0 saturated carbocycles. The molecule has 0 saturated heterocycles. The van der Waals surface area contributed by atoms with E-state index in [1.165, 1.54) is 23.8 Å². The molecule has 154 valence electrons. The highest BCUT2D eigenvalue weighted by molar-refractivity contribution is 9.10. The number of halogens is 1. The van der Waals surface area contributed by atoms with Crippen LogP contribution in [-0.4, -0.2) is 18.1 Å². The first-order valence-corrected chi connectivity index (χ1v) is 10.1. The second-order valence-corrected chi connectivity index (χ2v) is 7.53. The monoisotopic (exact) mass is 467 g/mol. The van der Waals surface area contributed by atoms with E-state index < -0.39 is 0 Å². The lowest BCUT2D eigenvalue weighted by Gasteiger charge is -2.14. The predicted octanol–water partition coefficient (Wildman–Crippen LogP) is 5.70. The fourth-order valence-corrected chi connectivity index (χ4v) is 3.29. The number of methoxy groups -OCH3 is 1. The van der Waals surface area contributed by atoms with Crippen molar-refractivity contribution in [1.29, 1.82) is 0 Å². The number of aryl methyl sites for hydroxylation is 1. The Balaban J connectivity index is 1.69. The van der Waals surface area contributed by atoms with E-state index in [0.29, 0.717) is 23.8 Å². The summed E-state index contributed by atoms with van der Waals surface area (Å²) < 4.78 is 12.2. The van der Waals surface area contributed by atoms with Gasteiger partial charge >= 0.3 is 0 Å². The number of anilines is 1. The van der Waals surface area contributed by atoms with Crippen molar-refractivity contribution in [3.63, 3.8) is 0 Å². The molecule has 3 aromatic carbocycles. The van der Waals surface area contributed by atoms with Crippen LogP contribution in [0.5, 0.6) is 17.2 Å². The zero-order valence-electron chi connectivity index (χ0n) is 16.7. The summed E-state index contributed by atoms with van der Waals surface area (Å²) in [5.41, 5.74) is 3.64. The minimum atomic E-state index is -0.282. The second-order valence-electron chi connectivity index (χ2n) is 6.68. The van der Waals surface area contributed by atoms with Gasteiger partial charge in [0, 0.05) is 11.8 Å². The van der Waals surface area contributed by atoms with Gasteiger partial charge in [0.1, 0.15) is 12.4 Å². The van der Waals surface area contributed by atoms with E-state index in [-0.39, 0.29) is 11.7 Å². The van der Waals surface area contributed by atoms with Gasteiger partial charge in [-0.25, -0.2) is 0 Å². The number of rotatable bonds is 7. The molecule has 0 spiro atoms. The molecule has 0 aliphatic heterocycles. The Bertz CT molecular complexity index is 1040. The molecular weight excluding hydrogens is 446 g/mol. The van der Waals surface area contributed by atoms with Crippen LogP contribution in [0.1, 0.15) is 16.7 Å². The molecule has 3 rings (SSSR count). The van der Waals surface area contributed by atoms with E-state index in [4.69, 9.17) is 9.47 Å². The SMILES string of the molecule is COc1cc(/C=C/C(=O)Nc2ccc(O)cc2)cc(Br)c1OCc1ccc(C)cc1. The maximum absolute atomic E-state index is 12.1. The van der Waals surface area contributed by atoms with Gasteiger partial charge < -0.3 is 19.9 Å². The summed E-state index contributed by atoms with van der Waals surface area (Å²) in [5.74, 6) is 1.03. The van der Waals surface area contributed by atoms with Crippen molar-refractivity contribution in [1.82, 2.24) is 0 Å². The molecule has 30 heavy (non-hydrogen) atoms. The van der Waals surface area contributed by atoms with Crippen LogP contribution in [0.3, 0.4) is 0 Å². The topological polar surface area (TPSA) is 67.8 Å². The number of hydrogen-bond acceptors (Lipinski definition) is 4. The van der Waals surface area contributed by atoms with E-state index in [9.17, 15) is 9.90 Å². The van der Waals surface area contributed by atoms with Crippen molar-refractivity contribution in [2.75, 3.05) is 12.4 Å². The lowest BCUT2D eigenvalue weighted by molar-refractivity contribution is -0.111. The molecule has 0 aliphatic carbocycles. The molecule has 6 heteroatoms. The van der Waals surface area contributed by atoms with E-state index in [1.54, 1.807) is 31.4 Å². The zero-order chi connectivity index (χ0) is 21.5. The third kappa shape index (κ3) is 5.87. The Kier molecular flexibility index (Phi) is 7.14. The number of hydrogen-bond donors (Lipinski definition) is 2. The van der Waals surface area contributed by atoms with Crippen molar-refractivity contribution in [2.24, 2.45) is 0 Å². The lowest BCUT2D eigenvalue weighted by Crippen LogP contribution is -2.07. The number of ether oxygens (including phenoxy) is 2. The third-order valence-electron chi connectivity index (χ3n) is 4.32. The molecular formula is C24H22BrNO4. The highest BCUT2D eigenvalue weighted by atomic mass is 79.9. The number of phenolic OH excluding ortho intramolecular Hbond substituents is 1. The van der Waals surface area contributed by atoms with Crippen molar-refractivity contribution in [3.05, 3.63) is 87.9 Å². The van der Waals surface area contributed by atoms with Crippen LogP contribution in [0.4, 0.5) is 5.69 Å². The average molecular weight is 468 g/mol. The Morgan fingerprint density at radius 3 is 2.47 bits per heavy atom. The molecule has 1 amide bonds. The van der Waals surface area contributed by atoms with Crippen LogP contribution in [0.15, 0.2) is 71.2 Å². The van der Waals surface area contributed by atoms with E-state index >= 15 is 0 Å². The van der Waals surface area contributed by atoms with Crippen LogP contribution in [-0.2, 0) is 11.4 Å². The number of amides is 1. The summed E-state index contributed by atoms with van der Waals surface area (Å²) in [5, 5.41) is 12.0. The molecule has 2 N–H and O–H groups in total. The van der Waals surface area contributed by atoms with Gasteiger partial charge in [-0.05, 0) is 76.5 Å². The second kappa shape index (κ2) is 9.98. The molecule has 5 nitrogen and oxygen atoms in total. The van der Waals surface area contributed by atoms with Gasteiger partial charge in [-0.1, -0.05) is 29.8 Å². The normalized spacial score (nSPS) is 10.8. The number of phenols is 1. The molecule has 0 fully saturated rings. The number of nitrogens with one attached hydrogen (secondary N) is 1. The van der Waals surface area contributed by atoms with Crippen molar-refractivity contribution < 1.29 is 19.4 Å². The van der Waals surface area contributed by atoms with Gasteiger partial charge in [0.15, 0.2) is 11.5 Å². The Morgan fingerprint density at radius 1 is 1.10 bits per heavy atom. The Morgan fingerprint density at radius 2 is 1.80 bits per heavy atom. The standard InChI is InChI=1S/C24H22BrNO4/c1-16-3-5-17(6-4-16)15-30-24-21(25)13-18(14-22(24)29-2)7-12-23(28)26-19-8-10-20(27)11-9-19/h3-14,27H,15H2,1-2H3,(H,26,28)/b12-7+. The average Bonchev–Trinajstić information content (AvgIpc) is 2.74. The first-order chi connectivity index (χ1) is 14.4. The van der Waals surface area contributed by atoms with Gasteiger partial charge in [-0.15, -0.1) is 0 Å². The van der Waals surface area contributed by atoms with E-state index in [0.717, 1.165) is 15.6 Å². The quantitative estimate of drug-likeness (QED) is 0.345. The van der Waals surface area contributed by atoms with Crippen molar-refractivity contribution in [3.8, 4) is 17.2 Å². The predicted molar refractivity (Wildman–Crippen MR) is 122 cm³/mol. The van der Waals surface area contributed by atoms with Crippen LogP contribution < -0.4 is 14.8 Å². The molecule has 0 aromatic heterocycles. The number of carbonyl (C=O) groups excluding carboxylic acids is 1. The smallest absolute Gasteiger partial charge is 0.248 e. The molecule has 3 aromatic rings. The van der Waals surface area contributed by atoms with Gasteiger partial charge in [0.05, 0.1) is 11.6 Å². The van der Waals surface area contributed by atoms with E-state index in [1.807, 2.05) is 37.3 Å². The number of benzene rings is 3.